The van der Waals surface area contributed by atoms with Gasteiger partial charge in [-0.15, -0.1) is 0 Å². The molecular weight excluding hydrogens is 562 g/mol. The van der Waals surface area contributed by atoms with Crippen molar-refractivity contribution in [3.05, 3.63) is 65.2 Å². The van der Waals surface area contributed by atoms with E-state index in [1.807, 2.05) is 43.0 Å². The van der Waals surface area contributed by atoms with E-state index in [1.54, 1.807) is 24.3 Å². The summed E-state index contributed by atoms with van der Waals surface area (Å²) >= 11 is 0. The van der Waals surface area contributed by atoms with E-state index in [0.717, 1.165) is 54.6 Å². The van der Waals surface area contributed by atoms with Crippen LogP contribution in [-0.2, 0) is 21.4 Å². The number of carbonyl (C=O) groups is 1. The van der Waals surface area contributed by atoms with E-state index < -0.39 is 10.0 Å². The lowest BCUT2D eigenvalue weighted by Crippen LogP contribution is -2.45. The Morgan fingerprint density at radius 3 is 2.44 bits per heavy atom. The first-order chi connectivity index (χ1) is 20.5. The van der Waals surface area contributed by atoms with Crippen molar-refractivity contribution in [2.75, 3.05) is 31.5 Å². The number of hydrogen-bond acceptors (Lipinski definition) is 7. The monoisotopic (exact) mass is 605 g/mol. The molecule has 5 rings (SSSR count). The number of carbonyl (C=O) groups excluding carboxylic acids is 1. The highest BCUT2D eigenvalue weighted by atomic mass is 32.2. The minimum Gasteiger partial charge on any atom is -0.475 e. The van der Waals surface area contributed by atoms with Gasteiger partial charge in [-0.2, -0.15) is 4.98 Å². The lowest BCUT2D eigenvalue weighted by atomic mass is 9.92. The van der Waals surface area contributed by atoms with Gasteiger partial charge in [-0.05, 0) is 93.9 Å². The SMILES string of the molecule is Cc1cccc(C)c1-c1cc2nc(n1)NS(=O)(=O)c1cccc(c1)CN(C(=O)CC1CCN(C)CC1)[C@H](CC(C)C)CO2. The van der Waals surface area contributed by atoms with Crippen molar-refractivity contribution in [2.24, 2.45) is 11.8 Å². The van der Waals surface area contributed by atoms with Crippen molar-refractivity contribution in [1.29, 1.82) is 0 Å². The molecule has 0 saturated carbocycles. The average molecular weight is 606 g/mol. The molecule has 0 unspecified atom stereocenters. The molecular formula is C33H43N5O4S. The summed E-state index contributed by atoms with van der Waals surface area (Å²) in [6.07, 6.45) is 3.19. The summed E-state index contributed by atoms with van der Waals surface area (Å²) in [5.41, 5.74) is 4.23. The second-order valence-corrected chi connectivity index (χ2v) is 14.2. The van der Waals surface area contributed by atoms with Crippen molar-refractivity contribution in [3.8, 4) is 17.1 Å². The summed E-state index contributed by atoms with van der Waals surface area (Å²) in [6.45, 7) is 10.8. The Kier molecular flexibility index (Phi) is 9.36. The largest absolute Gasteiger partial charge is 0.475 e. The molecule has 10 heteroatoms. The average Bonchev–Trinajstić information content (AvgIpc) is 2.95. The summed E-state index contributed by atoms with van der Waals surface area (Å²) in [4.78, 5) is 27.4. The van der Waals surface area contributed by atoms with E-state index in [2.05, 4.69) is 40.5 Å². The van der Waals surface area contributed by atoms with Crippen LogP contribution in [-0.4, -0.2) is 66.9 Å². The summed E-state index contributed by atoms with van der Waals surface area (Å²) in [5, 5.41) is 0. The molecule has 230 valence electrons. The van der Waals surface area contributed by atoms with Crippen LogP contribution in [0.4, 0.5) is 5.95 Å². The van der Waals surface area contributed by atoms with Crippen LogP contribution in [0.5, 0.6) is 5.88 Å². The third kappa shape index (κ3) is 7.54. The maximum absolute atomic E-state index is 14.0. The number of fused-ring (bicyclic) bond motifs is 4. The van der Waals surface area contributed by atoms with Gasteiger partial charge in [-0.1, -0.05) is 44.2 Å². The second-order valence-electron chi connectivity index (χ2n) is 12.5. The Labute approximate surface area is 255 Å². The van der Waals surface area contributed by atoms with Gasteiger partial charge in [0.15, 0.2) is 0 Å². The lowest BCUT2D eigenvalue weighted by Gasteiger charge is -2.35. The van der Waals surface area contributed by atoms with Gasteiger partial charge in [0.1, 0.15) is 6.61 Å². The maximum atomic E-state index is 14.0. The highest BCUT2D eigenvalue weighted by Crippen LogP contribution is 2.31. The second kappa shape index (κ2) is 13.0. The molecule has 4 bridgehead atoms. The normalized spacial score (nSPS) is 19.5. The first-order valence-electron chi connectivity index (χ1n) is 15.2. The Morgan fingerprint density at radius 1 is 1.05 bits per heavy atom. The number of likely N-dealkylation sites (tertiary alicyclic amines) is 1. The molecule has 1 atom stereocenters. The molecule has 1 aromatic heterocycles. The van der Waals surface area contributed by atoms with Crippen LogP contribution in [0.25, 0.3) is 11.3 Å². The highest BCUT2D eigenvalue weighted by molar-refractivity contribution is 7.92. The number of ether oxygens (including phenoxy) is 1. The fraction of sp³-hybridized carbons (Fsp3) is 0.485. The molecule has 1 fully saturated rings. The Balaban J connectivity index is 1.57. The van der Waals surface area contributed by atoms with Gasteiger partial charge >= 0.3 is 0 Å². The zero-order valence-corrected chi connectivity index (χ0v) is 26.7. The topological polar surface area (TPSA) is 105 Å². The van der Waals surface area contributed by atoms with Crippen LogP contribution < -0.4 is 9.46 Å². The van der Waals surface area contributed by atoms with Gasteiger partial charge in [0, 0.05) is 24.6 Å². The summed E-state index contributed by atoms with van der Waals surface area (Å²) in [7, 11) is -1.90. The molecule has 0 aliphatic carbocycles. The molecule has 2 aliphatic rings. The van der Waals surface area contributed by atoms with Crippen LogP contribution in [0.3, 0.4) is 0 Å². The van der Waals surface area contributed by atoms with Crippen LogP contribution in [0.15, 0.2) is 53.4 Å². The molecule has 3 heterocycles. The fourth-order valence-electron chi connectivity index (χ4n) is 6.14. The number of piperidine rings is 1. The van der Waals surface area contributed by atoms with E-state index in [0.29, 0.717) is 30.5 Å². The first-order valence-corrected chi connectivity index (χ1v) is 16.6. The van der Waals surface area contributed by atoms with Crippen molar-refractivity contribution in [2.45, 2.75) is 70.9 Å². The number of rotatable bonds is 5. The van der Waals surface area contributed by atoms with Gasteiger partial charge in [0.25, 0.3) is 10.0 Å². The number of nitrogens with zero attached hydrogens (tertiary/aromatic N) is 4. The van der Waals surface area contributed by atoms with E-state index in [4.69, 9.17) is 4.74 Å². The zero-order valence-electron chi connectivity index (χ0n) is 25.8. The number of benzene rings is 2. The van der Waals surface area contributed by atoms with Gasteiger partial charge in [-0.3, -0.25) is 4.79 Å². The van der Waals surface area contributed by atoms with Crippen LogP contribution in [0.1, 0.15) is 56.2 Å². The molecule has 1 saturated heterocycles. The smallest absolute Gasteiger partial charge is 0.264 e. The van der Waals surface area contributed by atoms with Crippen molar-refractivity contribution in [3.63, 3.8) is 0 Å². The zero-order chi connectivity index (χ0) is 30.7. The standard InChI is InChI=1S/C33H43N5O4S/c1-22(2)16-27-21-42-30-19-29(32-23(3)8-6-9-24(32)4)34-33(35-30)36-43(40,41)28-11-7-10-26(17-28)20-38(27)31(39)18-25-12-14-37(5)15-13-25/h6-11,17,19,22,25,27H,12-16,18,20-21H2,1-5H3,(H,34,35,36)/t27-/m1/s1. The number of hydrogen-bond donors (Lipinski definition) is 1. The number of anilines is 1. The van der Waals surface area contributed by atoms with Crippen LogP contribution in [0, 0.1) is 25.7 Å². The molecule has 1 N–H and O–H groups in total. The highest BCUT2D eigenvalue weighted by Gasteiger charge is 2.30. The van der Waals surface area contributed by atoms with Crippen molar-refractivity contribution in [1.82, 2.24) is 19.8 Å². The number of amides is 1. The predicted octanol–water partition coefficient (Wildman–Crippen LogP) is 5.43. The summed E-state index contributed by atoms with van der Waals surface area (Å²) in [6, 6.07) is 14.3. The number of sulfonamides is 1. The molecule has 1 amide bonds. The molecule has 9 nitrogen and oxygen atoms in total. The number of aryl methyl sites for hydroxylation is 2. The van der Waals surface area contributed by atoms with Gasteiger partial charge in [0.2, 0.25) is 17.7 Å². The lowest BCUT2D eigenvalue weighted by molar-refractivity contribution is -0.136. The van der Waals surface area contributed by atoms with Crippen LogP contribution >= 0.6 is 0 Å². The number of aromatic nitrogens is 2. The van der Waals surface area contributed by atoms with E-state index in [9.17, 15) is 13.2 Å². The van der Waals surface area contributed by atoms with Crippen LogP contribution in [0.2, 0.25) is 0 Å². The number of nitrogens with one attached hydrogen (secondary N) is 1. The summed E-state index contributed by atoms with van der Waals surface area (Å²) < 4.78 is 36.0. The predicted molar refractivity (Wildman–Crippen MR) is 168 cm³/mol. The molecule has 0 radical (unpaired) electrons. The Morgan fingerprint density at radius 2 is 1.74 bits per heavy atom. The minimum atomic E-state index is -4.01. The van der Waals surface area contributed by atoms with Gasteiger partial charge in [-0.25, -0.2) is 18.1 Å². The minimum absolute atomic E-state index is 0.0598. The van der Waals surface area contributed by atoms with Crippen molar-refractivity contribution < 1.29 is 17.9 Å². The molecule has 2 aromatic carbocycles. The summed E-state index contributed by atoms with van der Waals surface area (Å²) in [5.74, 6) is 0.907. The van der Waals surface area contributed by atoms with Gasteiger partial charge in [0.05, 0.1) is 16.6 Å². The molecule has 2 aliphatic heterocycles. The van der Waals surface area contributed by atoms with E-state index in [-0.39, 0.29) is 35.3 Å². The Bertz CT molecular complexity index is 1550. The molecule has 3 aromatic rings. The van der Waals surface area contributed by atoms with E-state index >= 15 is 0 Å². The van der Waals surface area contributed by atoms with E-state index in [1.165, 1.54) is 0 Å². The first kappa shape index (κ1) is 30.9. The van der Waals surface area contributed by atoms with Gasteiger partial charge < -0.3 is 14.5 Å². The molecule has 43 heavy (non-hydrogen) atoms. The fourth-order valence-corrected chi connectivity index (χ4v) is 7.15. The van der Waals surface area contributed by atoms with Crippen molar-refractivity contribution >= 4 is 21.9 Å². The third-order valence-corrected chi connectivity index (χ3v) is 9.78. The maximum Gasteiger partial charge on any atom is 0.264 e. The third-order valence-electron chi connectivity index (χ3n) is 8.46. The Hall–Kier alpha value is -3.50. The molecule has 0 spiro atoms. The quantitative estimate of drug-likeness (QED) is 0.414.